The third-order valence-corrected chi connectivity index (χ3v) is 3.11. The van der Waals surface area contributed by atoms with Gasteiger partial charge in [0.2, 0.25) is 0 Å². The second-order valence-electron chi connectivity index (χ2n) is 3.09. The van der Waals surface area contributed by atoms with E-state index >= 15 is 0 Å². The summed E-state index contributed by atoms with van der Waals surface area (Å²) in [6.07, 6.45) is 5.48. The van der Waals surface area contributed by atoms with Crippen LogP contribution in [0, 0.1) is 5.92 Å². The van der Waals surface area contributed by atoms with Crippen LogP contribution < -0.4 is 0 Å². The van der Waals surface area contributed by atoms with Crippen LogP contribution in [-0.2, 0) is 0 Å². The van der Waals surface area contributed by atoms with E-state index in [9.17, 15) is 0 Å². The van der Waals surface area contributed by atoms with E-state index in [2.05, 4.69) is 24.9 Å². The first-order chi connectivity index (χ1) is 5.25. The lowest BCUT2D eigenvalue weighted by Gasteiger charge is -2.12. The number of fused-ring (bicyclic) bond motifs is 1. The van der Waals surface area contributed by atoms with Gasteiger partial charge in [-0.25, -0.2) is 0 Å². The van der Waals surface area contributed by atoms with Crippen molar-refractivity contribution in [2.75, 3.05) is 0 Å². The lowest BCUT2D eigenvalue weighted by Crippen LogP contribution is -2.05. The molecule has 2 heteroatoms. The van der Waals surface area contributed by atoms with Crippen molar-refractivity contribution in [1.29, 1.82) is 0 Å². The molecule has 0 N–H and O–H groups in total. The van der Waals surface area contributed by atoms with Crippen molar-refractivity contribution in [2.45, 2.75) is 20.3 Å². The maximum atomic E-state index is 4.31. The molecule has 58 valence electrons. The smallest absolute Gasteiger partial charge is 0.0371 e. The molecule has 0 aliphatic carbocycles. The molecular weight excluding hydrogens is 154 g/mol. The second kappa shape index (κ2) is 2.52. The van der Waals surface area contributed by atoms with Gasteiger partial charge >= 0.3 is 0 Å². The highest BCUT2D eigenvalue weighted by Gasteiger charge is 2.22. The Morgan fingerprint density at radius 2 is 2.36 bits per heavy atom. The van der Waals surface area contributed by atoms with Crippen LogP contribution >= 0.6 is 11.8 Å². The monoisotopic (exact) mass is 165 g/mol. The highest BCUT2D eigenvalue weighted by atomic mass is 32.2. The van der Waals surface area contributed by atoms with E-state index in [1.54, 1.807) is 0 Å². The fourth-order valence-corrected chi connectivity index (χ4v) is 2.50. The Balaban J connectivity index is 2.27. The zero-order valence-electron chi connectivity index (χ0n) is 6.79. The molecule has 0 aromatic carbocycles. The Labute approximate surface area is 71.3 Å². The Kier molecular flexibility index (Phi) is 1.64. The Bertz CT molecular complexity index is 273. The van der Waals surface area contributed by atoms with Gasteiger partial charge in [-0.2, -0.15) is 0 Å². The fraction of sp³-hybridized carbons (Fsp3) is 0.444. The number of nitrogens with zero attached hydrogens (tertiary/aromatic N) is 1. The Morgan fingerprint density at radius 1 is 1.55 bits per heavy atom. The molecule has 0 spiro atoms. The van der Waals surface area contributed by atoms with Crippen LogP contribution in [0.25, 0.3) is 0 Å². The van der Waals surface area contributed by atoms with Gasteiger partial charge in [-0.3, -0.25) is 4.99 Å². The molecule has 11 heavy (non-hydrogen) atoms. The standard InChI is InChI=1S/C9H11NS/c1-6-3-8-4-7(2)11-9(8)5-10-6/h4-5,8H,3H2,1-2H3. The van der Waals surface area contributed by atoms with Crippen molar-refractivity contribution < 1.29 is 0 Å². The van der Waals surface area contributed by atoms with Crippen molar-refractivity contribution in [3.8, 4) is 0 Å². The van der Waals surface area contributed by atoms with Crippen molar-refractivity contribution in [3.05, 3.63) is 22.1 Å². The molecule has 0 amide bonds. The Hall–Kier alpha value is -0.500. The van der Waals surface area contributed by atoms with Crippen molar-refractivity contribution >= 4 is 17.5 Å². The van der Waals surface area contributed by atoms with E-state index in [4.69, 9.17) is 0 Å². The van der Waals surface area contributed by atoms with Crippen LogP contribution in [0.5, 0.6) is 0 Å². The summed E-state index contributed by atoms with van der Waals surface area (Å²) in [4.78, 5) is 7.15. The number of rotatable bonds is 0. The summed E-state index contributed by atoms with van der Waals surface area (Å²) in [7, 11) is 0. The molecule has 2 rings (SSSR count). The third kappa shape index (κ3) is 1.27. The predicted octanol–water partition coefficient (Wildman–Crippen LogP) is 2.96. The minimum atomic E-state index is 0.650. The van der Waals surface area contributed by atoms with Gasteiger partial charge in [-0.1, -0.05) is 17.8 Å². The van der Waals surface area contributed by atoms with Crippen LogP contribution in [0.15, 0.2) is 27.1 Å². The molecule has 2 heterocycles. The Morgan fingerprint density at radius 3 is 3.18 bits per heavy atom. The molecule has 0 aromatic heterocycles. The van der Waals surface area contributed by atoms with E-state index in [1.807, 2.05) is 18.0 Å². The number of hydrogen-bond acceptors (Lipinski definition) is 2. The molecule has 1 atom stereocenters. The average Bonchev–Trinajstić information content (AvgIpc) is 2.27. The van der Waals surface area contributed by atoms with Crippen LogP contribution in [0.2, 0.25) is 0 Å². The number of thioether (sulfide) groups is 1. The molecular formula is C9H11NS. The number of hydrogen-bond donors (Lipinski definition) is 0. The largest absolute Gasteiger partial charge is 0.265 e. The van der Waals surface area contributed by atoms with Crippen LogP contribution in [0.3, 0.4) is 0 Å². The minimum Gasteiger partial charge on any atom is -0.265 e. The summed E-state index contributed by atoms with van der Waals surface area (Å²) in [5.41, 5.74) is 1.25. The third-order valence-electron chi connectivity index (χ3n) is 2.01. The van der Waals surface area contributed by atoms with Crippen molar-refractivity contribution in [3.63, 3.8) is 0 Å². The summed E-state index contributed by atoms with van der Waals surface area (Å²) < 4.78 is 0. The number of aliphatic imine (C=N–C) groups is 1. The maximum absolute atomic E-state index is 4.31. The quantitative estimate of drug-likeness (QED) is 0.537. The highest BCUT2D eigenvalue weighted by Crippen LogP contribution is 2.42. The van der Waals surface area contributed by atoms with Gasteiger partial charge in [0.15, 0.2) is 0 Å². The van der Waals surface area contributed by atoms with Gasteiger partial charge in [0.25, 0.3) is 0 Å². The SMILES string of the molecule is CC1=CC2CC(C)=NC=C2S1. The number of allylic oxidation sites excluding steroid dienone is 3. The second-order valence-corrected chi connectivity index (χ2v) is 4.41. The normalized spacial score (nSPS) is 28.9. The zero-order valence-corrected chi connectivity index (χ0v) is 7.61. The first-order valence-corrected chi connectivity index (χ1v) is 4.67. The highest BCUT2D eigenvalue weighted by molar-refractivity contribution is 8.07. The maximum Gasteiger partial charge on any atom is 0.0371 e. The first kappa shape index (κ1) is 7.17. The van der Waals surface area contributed by atoms with E-state index in [0.29, 0.717) is 5.92 Å². The average molecular weight is 165 g/mol. The summed E-state index contributed by atoms with van der Waals surface area (Å²) >= 11 is 1.87. The van der Waals surface area contributed by atoms with Crippen LogP contribution in [0.1, 0.15) is 20.3 Å². The minimum absolute atomic E-state index is 0.650. The summed E-state index contributed by atoms with van der Waals surface area (Å²) in [5.74, 6) is 0.650. The molecule has 0 radical (unpaired) electrons. The van der Waals surface area contributed by atoms with Crippen molar-refractivity contribution in [1.82, 2.24) is 0 Å². The van der Waals surface area contributed by atoms with Crippen LogP contribution in [-0.4, -0.2) is 5.71 Å². The lowest BCUT2D eigenvalue weighted by atomic mass is 10.0. The summed E-state index contributed by atoms with van der Waals surface area (Å²) in [6.45, 7) is 4.26. The molecule has 2 aliphatic rings. The fourth-order valence-electron chi connectivity index (χ4n) is 1.49. The van der Waals surface area contributed by atoms with E-state index in [1.165, 1.54) is 15.5 Å². The van der Waals surface area contributed by atoms with Crippen LogP contribution in [0.4, 0.5) is 0 Å². The van der Waals surface area contributed by atoms with E-state index in [-0.39, 0.29) is 0 Å². The lowest BCUT2D eigenvalue weighted by molar-refractivity contribution is 0.832. The summed E-state index contributed by atoms with van der Waals surface area (Å²) in [6, 6.07) is 0. The van der Waals surface area contributed by atoms with E-state index < -0.39 is 0 Å². The van der Waals surface area contributed by atoms with Gasteiger partial charge in [-0.05, 0) is 25.2 Å². The van der Waals surface area contributed by atoms with E-state index in [0.717, 1.165) is 6.42 Å². The van der Waals surface area contributed by atoms with Gasteiger partial charge < -0.3 is 0 Å². The first-order valence-electron chi connectivity index (χ1n) is 3.85. The van der Waals surface area contributed by atoms with Gasteiger partial charge in [0, 0.05) is 22.7 Å². The molecule has 0 fully saturated rings. The molecule has 0 saturated heterocycles. The molecule has 1 unspecified atom stereocenters. The zero-order chi connectivity index (χ0) is 7.84. The molecule has 0 bridgehead atoms. The molecule has 0 aromatic rings. The van der Waals surface area contributed by atoms with Gasteiger partial charge in [0.1, 0.15) is 0 Å². The molecule has 1 nitrogen and oxygen atoms in total. The molecule has 2 aliphatic heterocycles. The van der Waals surface area contributed by atoms with Gasteiger partial charge in [0.05, 0.1) is 0 Å². The summed E-state index contributed by atoms with van der Waals surface area (Å²) in [5, 5.41) is 0. The predicted molar refractivity (Wildman–Crippen MR) is 50.6 cm³/mol. The van der Waals surface area contributed by atoms with Gasteiger partial charge in [-0.15, -0.1) is 0 Å². The van der Waals surface area contributed by atoms with Crippen molar-refractivity contribution in [2.24, 2.45) is 10.9 Å². The molecule has 0 saturated carbocycles. The topological polar surface area (TPSA) is 12.4 Å².